The van der Waals surface area contributed by atoms with Crippen LogP contribution < -0.4 is 11.1 Å². The van der Waals surface area contributed by atoms with Gasteiger partial charge in [-0.05, 0) is 38.9 Å². The first kappa shape index (κ1) is 12.1. The predicted molar refractivity (Wildman–Crippen MR) is 55.0 cm³/mol. The van der Waals surface area contributed by atoms with E-state index in [9.17, 15) is 9.59 Å². The summed E-state index contributed by atoms with van der Waals surface area (Å²) in [5.41, 5.74) is 5.25. The zero-order chi connectivity index (χ0) is 11.1. The van der Waals surface area contributed by atoms with E-state index in [0.717, 1.165) is 25.9 Å². The van der Waals surface area contributed by atoms with Gasteiger partial charge in [-0.2, -0.15) is 0 Å². The van der Waals surface area contributed by atoms with Crippen LogP contribution >= 0.6 is 0 Å². The molecule has 0 amide bonds. The topological polar surface area (TPSA) is 81.4 Å². The molecular weight excluding hydrogens is 196 g/mol. The minimum atomic E-state index is -0.455. The Morgan fingerprint density at radius 2 is 2.00 bits per heavy atom. The number of carbonyl (C=O) groups is 2. The fourth-order valence-electron chi connectivity index (χ4n) is 1.55. The Balaban J connectivity index is 2.24. The van der Waals surface area contributed by atoms with Gasteiger partial charge in [0, 0.05) is 6.42 Å². The molecule has 0 aromatic carbocycles. The summed E-state index contributed by atoms with van der Waals surface area (Å²) in [4.78, 5) is 22.6. The molecule has 0 saturated carbocycles. The van der Waals surface area contributed by atoms with Gasteiger partial charge in [-0.15, -0.1) is 0 Å². The fourth-order valence-corrected chi connectivity index (χ4v) is 1.55. The number of hydrogen-bond donors (Lipinski definition) is 2. The van der Waals surface area contributed by atoms with E-state index < -0.39 is 5.97 Å². The maximum Gasteiger partial charge on any atom is 0.316 e. The molecule has 1 fully saturated rings. The third-order valence-electron chi connectivity index (χ3n) is 2.47. The van der Waals surface area contributed by atoms with E-state index in [4.69, 9.17) is 10.5 Å². The Morgan fingerprint density at radius 1 is 1.33 bits per heavy atom. The van der Waals surface area contributed by atoms with Crippen molar-refractivity contribution in [1.29, 1.82) is 0 Å². The Morgan fingerprint density at radius 3 is 2.60 bits per heavy atom. The number of nitrogens with two attached hydrogens (primary N) is 1. The number of esters is 2. The van der Waals surface area contributed by atoms with Gasteiger partial charge in [-0.3, -0.25) is 9.59 Å². The van der Waals surface area contributed by atoms with Crippen LogP contribution in [0.4, 0.5) is 0 Å². The Labute approximate surface area is 89.3 Å². The average molecular weight is 214 g/mol. The normalized spacial score (nSPS) is 17.4. The molecule has 3 N–H and O–H groups in total. The fraction of sp³-hybridized carbons (Fsp3) is 0.800. The molecule has 5 nitrogen and oxygen atoms in total. The van der Waals surface area contributed by atoms with Crippen molar-refractivity contribution < 1.29 is 14.3 Å². The summed E-state index contributed by atoms with van der Waals surface area (Å²) in [6.45, 7) is 2.07. The van der Waals surface area contributed by atoms with Crippen LogP contribution in [0.5, 0.6) is 0 Å². The first-order chi connectivity index (χ1) is 7.24. The lowest BCUT2D eigenvalue weighted by atomic mass is 9.98. The van der Waals surface area contributed by atoms with Gasteiger partial charge in [0.15, 0.2) is 0 Å². The lowest BCUT2D eigenvalue weighted by molar-refractivity contribution is -0.163. The summed E-state index contributed by atoms with van der Waals surface area (Å²) in [6.07, 6.45) is 2.30. The molecule has 15 heavy (non-hydrogen) atoms. The predicted octanol–water partition coefficient (Wildman–Crippen LogP) is -0.205. The molecule has 0 aliphatic carbocycles. The van der Waals surface area contributed by atoms with Crippen molar-refractivity contribution in [3.05, 3.63) is 0 Å². The Hall–Kier alpha value is -0.940. The van der Waals surface area contributed by atoms with Crippen molar-refractivity contribution in [3.63, 3.8) is 0 Å². The van der Waals surface area contributed by atoms with Crippen molar-refractivity contribution in [2.24, 2.45) is 11.7 Å². The van der Waals surface area contributed by atoms with Gasteiger partial charge in [0.2, 0.25) is 0 Å². The zero-order valence-electron chi connectivity index (χ0n) is 8.83. The molecule has 1 rings (SSSR count). The van der Waals surface area contributed by atoms with Crippen LogP contribution in [0.3, 0.4) is 0 Å². The van der Waals surface area contributed by atoms with Crippen LogP contribution in [-0.4, -0.2) is 31.6 Å². The van der Waals surface area contributed by atoms with E-state index >= 15 is 0 Å². The summed E-state index contributed by atoms with van der Waals surface area (Å²) in [5.74, 6) is -0.949. The first-order valence-electron chi connectivity index (χ1n) is 5.39. The van der Waals surface area contributed by atoms with Gasteiger partial charge in [0.1, 0.15) is 0 Å². The van der Waals surface area contributed by atoms with Crippen LogP contribution in [0.2, 0.25) is 0 Å². The Bertz CT molecular complexity index is 225. The standard InChI is InChI=1S/C10H18N2O3/c11-5-1-2-9(13)15-10(14)8-3-6-12-7-4-8/h8,12H,1-7,11H2. The number of ether oxygens (including phenoxy) is 1. The van der Waals surface area contributed by atoms with E-state index in [1.54, 1.807) is 0 Å². The van der Waals surface area contributed by atoms with E-state index in [0.29, 0.717) is 13.0 Å². The van der Waals surface area contributed by atoms with Crippen LogP contribution in [0.25, 0.3) is 0 Å². The zero-order valence-corrected chi connectivity index (χ0v) is 8.83. The summed E-state index contributed by atoms with van der Waals surface area (Å²) in [7, 11) is 0. The van der Waals surface area contributed by atoms with E-state index in [1.807, 2.05) is 0 Å². The van der Waals surface area contributed by atoms with Crippen molar-refractivity contribution in [2.45, 2.75) is 25.7 Å². The average Bonchev–Trinajstić information content (AvgIpc) is 2.27. The number of piperidine rings is 1. The van der Waals surface area contributed by atoms with Crippen molar-refractivity contribution in [2.75, 3.05) is 19.6 Å². The quantitative estimate of drug-likeness (QED) is 0.500. The number of carbonyl (C=O) groups excluding carboxylic acids is 2. The Kier molecular flexibility index (Phi) is 5.28. The highest BCUT2D eigenvalue weighted by molar-refractivity contribution is 5.86. The van der Waals surface area contributed by atoms with E-state index in [2.05, 4.69) is 5.32 Å². The van der Waals surface area contributed by atoms with Gasteiger partial charge >= 0.3 is 11.9 Å². The van der Waals surface area contributed by atoms with Gasteiger partial charge in [0.25, 0.3) is 0 Å². The summed E-state index contributed by atoms with van der Waals surface area (Å²) >= 11 is 0. The second-order valence-corrected chi connectivity index (χ2v) is 3.71. The van der Waals surface area contributed by atoms with Crippen LogP contribution in [0.15, 0.2) is 0 Å². The maximum atomic E-state index is 11.5. The summed E-state index contributed by atoms with van der Waals surface area (Å²) in [6, 6.07) is 0. The highest BCUT2D eigenvalue weighted by Crippen LogP contribution is 2.13. The molecule has 0 aromatic heterocycles. The van der Waals surface area contributed by atoms with E-state index in [-0.39, 0.29) is 18.3 Å². The third-order valence-corrected chi connectivity index (χ3v) is 2.47. The molecule has 0 aromatic rings. The summed E-state index contributed by atoms with van der Waals surface area (Å²) < 4.78 is 4.73. The molecule has 0 atom stereocenters. The minimum Gasteiger partial charge on any atom is -0.393 e. The highest BCUT2D eigenvalue weighted by atomic mass is 16.6. The lowest BCUT2D eigenvalue weighted by Crippen LogP contribution is -2.33. The van der Waals surface area contributed by atoms with Crippen LogP contribution in [-0.2, 0) is 14.3 Å². The van der Waals surface area contributed by atoms with Gasteiger partial charge in [0.05, 0.1) is 5.92 Å². The molecule has 0 bridgehead atoms. The number of hydrogen-bond acceptors (Lipinski definition) is 5. The van der Waals surface area contributed by atoms with Crippen LogP contribution in [0, 0.1) is 5.92 Å². The molecule has 1 saturated heterocycles. The molecule has 1 heterocycles. The second-order valence-electron chi connectivity index (χ2n) is 3.71. The number of nitrogens with one attached hydrogen (secondary N) is 1. The minimum absolute atomic E-state index is 0.118. The monoisotopic (exact) mass is 214 g/mol. The molecule has 1 aliphatic heterocycles. The molecule has 1 aliphatic rings. The number of rotatable bonds is 4. The first-order valence-corrected chi connectivity index (χ1v) is 5.39. The van der Waals surface area contributed by atoms with Crippen molar-refractivity contribution in [1.82, 2.24) is 5.32 Å². The molecule has 5 heteroatoms. The smallest absolute Gasteiger partial charge is 0.316 e. The lowest BCUT2D eigenvalue weighted by Gasteiger charge is -2.20. The van der Waals surface area contributed by atoms with Crippen LogP contribution in [0.1, 0.15) is 25.7 Å². The second kappa shape index (κ2) is 6.53. The van der Waals surface area contributed by atoms with Crippen molar-refractivity contribution >= 4 is 11.9 Å². The summed E-state index contributed by atoms with van der Waals surface area (Å²) in [5, 5.41) is 3.15. The molecule has 86 valence electrons. The van der Waals surface area contributed by atoms with Gasteiger partial charge < -0.3 is 15.8 Å². The maximum absolute atomic E-state index is 11.5. The molecular formula is C10H18N2O3. The third kappa shape index (κ3) is 4.40. The SMILES string of the molecule is NCCCC(=O)OC(=O)C1CCNCC1. The molecule has 0 radical (unpaired) electrons. The molecule has 0 spiro atoms. The largest absolute Gasteiger partial charge is 0.393 e. The van der Waals surface area contributed by atoms with Crippen molar-refractivity contribution in [3.8, 4) is 0 Å². The highest BCUT2D eigenvalue weighted by Gasteiger charge is 2.24. The van der Waals surface area contributed by atoms with E-state index in [1.165, 1.54) is 0 Å². The van der Waals surface area contributed by atoms with Gasteiger partial charge in [-0.25, -0.2) is 0 Å². The molecule has 0 unspecified atom stereocenters. The van der Waals surface area contributed by atoms with Gasteiger partial charge in [-0.1, -0.05) is 0 Å².